The molecule has 1 N–H and O–H groups in total. The summed E-state index contributed by atoms with van der Waals surface area (Å²) in [6.07, 6.45) is 0.269. The van der Waals surface area contributed by atoms with Gasteiger partial charge in [-0.1, -0.05) is 6.92 Å². The largest absolute Gasteiger partial charge is 0.465 e. The summed E-state index contributed by atoms with van der Waals surface area (Å²) in [7, 11) is 1.22. The van der Waals surface area contributed by atoms with Crippen molar-refractivity contribution in [2.75, 3.05) is 12.0 Å². The number of amides is 4. The average Bonchev–Trinajstić information content (AvgIpc) is 2.80. The van der Waals surface area contributed by atoms with E-state index in [2.05, 4.69) is 10.1 Å². The Labute approximate surface area is 124 Å². The third-order valence-corrected chi connectivity index (χ3v) is 4.28. The van der Waals surface area contributed by atoms with Crippen LogP contribution < -0.4 is 10.2 Å². The molecule has 0 saturated carbocycles. The van der Waals surface area contributed by atoms with E-state index in [0.29, 0.717) is 5.56 Å². The highest BCUT2D eigenvalue weighted by Gasteiger charge is 2.42. The van der Waals surface area contributed by atoms with E-state index in [1.165, 1.54) is 7.11 Å². The highest BCUT2D eigenvalue weighted by molar-refractivity contribution is 7.12. The van der Waals surface area contributed by atoms with E-state index in [1.807, 2.05) is 0 Å². The van der Waals surface area contributed by atoms with Gasteiger partial charge < -0.3 is 4.74 Å². The Morgan fingerprint density at radius 1 is 1.43 bits per heavy atom. The van der Waals surface area contributed by atoms with Gasteiger partial charge in [-0.15, -0.1) is 11.3 Å². The summed E-state index contributed by atoms with van der Waals surface area (Å²) in [5.74, 6) is -2.81. The Bertz CT molecular complexity index is 637. The van der Waals surface area contributed by atoms with Gasteiger partial charge in [-0.2, -0.15) is 0 Å². The number of esters is 1. The van der Waals surface area contributed by atoms with E-state index in [-0.39, 0.29) is 17.0 Å². The number of urea groups is 1. The first kappa shape index (κ1) is 15.2. The molecular formula is C13H14N2O5S. The Balaban J connectivity index is 2.52. The molecule has 1 aromatic rings. The van der Waals surface area contributed by atoms with E-state index in [1.54, 1.807) is 19.2 Å². The molecule has 0 aromatic carbocycles. The van der Waals surface area contributed by atoms with Crippen LogP contribution in [0.3, 0.4) is 0 Å². The van der Waals surface area contributed by atoms with Crippen molar-refractivity contribution < 1.29 is 23.9 Å². The number of anilines is 1. The van der Waals surface area contributed by atoms with E-state index >= 15 is 0 Å². The molecule has 2 rings (SSSR count). The summed E-state index contributed by atoms with van der Waals surface area (Å²) in [5, 5.41) is 3.79. The fourth-order valence-corrected chi connectivity index (χ4v) is 3.09. The number of carbonyl (C=O) groups excluding carboxylic acids is 4. The van der Waals surface area contributed by atoms with Crippen molar-refractivity contribution in [1.82, 2.24) is 5.32 Å². The van der Waals surface area contributed by atoms with Crippen molar-refractivity contribution in [3.05, 3.63) is 15.8 Å². The number of imide groups is 2. The lowest BCUT2D eigenvalue weighted by Gasteiger charge is -2.30. The first-order valence-electron chi connectivity index (χ1n) is 6.27. The van der Waals surface area contributed by atoms with Crippen LogP contribution in [0.1, 0.15) is 28.6 Å². The van der Waals surface area contributed by atoms with Crippen molar-refractivity contribution in [3.8, 4) is 0 Å². The molecule has 0 bridgehead atoms. The minimum atomic E-state index is -0.938. The standard InChI is InChI=1S/C13H14N2O5S/c1-4-7-10(16)14-13(19)15(11(7)17)8-6(2)5-21-9(8)12(18)20-3/h5,7H,4H2,1-3H3,(H,14,16,19). The molecular weight excluding hydrogens is 296 g/mol. The highest BCUT2D eigenvalue weighted by Crippen LogP contribution is 2.34. The first-order chi connectivity index (χ1) is 9.92. The minimum Gasteiger partial charge on any atom is -0.465 e. The van der Waals surface area contributed by atoms with E-state index in [9.17, 15) is 19.2 Å². The summed E-state index contributed by atoms with van der Waals surface area (Å²) in [6, 6.07) is -0.846. The molecule has 1 fully saturated rings. The van der Waals surface area contributed by atoms with Gasteiger partial charge in [0.25, 0.3) is 0 Å². The lowest BCUT2D eigenvalue weighted by atomic mass is 10.0. The fourth-order valence-electron chi connectivity index (χ4n) is 2.14. The van der Waals surface area contributed by atoms with Crippen molar-refractivity contribution in [1.29, 1.82) is 0 Å². The second-order valence-corrected chi connectivity index (χ2v) is 5.40. The Morgan fingerprint density at radius 3 is 2.67 bits per heavy atom. The number of barbiturate groups is 1. The van der Waals surface area contributed by atoms with Gasteiger partial charge in [0.15, 0.2) is 0 Å². The lowest BCUT2D eigenvalue weighted by molar-refractivity contribution is -0.134. The topological polar surface area (TPSA) is 92.8 Å². The minimum absolute atomic E-state index is 0.155. The average molecular weight is 310 g/mol. The summed E-state index contributed by atoms with van der Waals surface area (Å²) in [4.78, 5) is 48.8. The number of carbonyl (C=O) groups is 4. The zero-order chi connectivity index (χ0) is 15.7. The molecule has 1 aliphatic heterocycles. The SMILES string of the molecule is CCC1C(=O)NC(=O)N(c2c(C)csc2C(=O)OC)C1=O. The van der Waals surface area contributed by atoms with Crippen LogP contribution in [-0.4, -0.2) is 30.9 Å². The van der Waals surface area contributed by atoms with Crippen LogP contribution in [0.5, 0.6) is 0 Å². The number of nitrogens with zero attached hydrogens (tertiary/aromatic N) is 1. The molecule has 1 unspecified atom stereocenters. The van der Waals surface area contributed by atoms with Gasteiger partial charge in [-0.3, -0.25) is 14.9 Å². The van der Waals surface area contributed by atoms with E-state index in [0.717, 1.165) is 16.2 Å². The highest BCUT2D eigenvalue weighted by atomic mass is 32.1. The molecule has 1 aromatic heterocycles. The van der Waals surface area contributed by atoms with Crippen molar-refractivity contribution in [2.24, 2.45) is 5.92 Å². The molecule has 8 heteroatoms. The van der Waals surface area contributed by atoms with E-state index < -0.39 is 29.7 Å². The molecule has 0 spiro atoms. The predicted molar refractivity (Wildman–Crippen MR) is 75.2 cm³/mol. The second kappa shape index (κ2) is 5.65. The molecule has 0 aliphatic carbocycles. The van der Waals surface area contributed by atoms with Gasteiger partial charge in [0.1, 0.15) is 10.8 Å². The smallest absolute Gasteiger partial charge is 0.350 e. The number of ether oxygens (including phenoxy) is 1. The Morgan fingerprint density at radius 2 is 2.10 bits per heavy atom. The summed E-state index contributed by atoms with van der Waals surface area (Å²) >= 11 is 1.08. The van der Waals surface area contributed by atoms with Gasteiger partial charge in [0.2, 0.25) is 11.8 Å². The number of rotatable bonds is 3. The quantitative estimate of drug-likeness (QED) is 0.674. The van der Waals surface area contributed by atoms with Crippen LogP contribution in [0.4, 0.5) is 10.5 Å². The van der Waals surface area contributed by atoms with Gasteiger partial charge in [-0.05, 0) is 24.3 Å². The third kappa shape index (κ3) is 2.42. The number of thiophene rings is 1. The molecule has 112 valence electrons. The van der Waals surface area contributed by atoms with Gasteiger partial charge in [0.05, 0.1) is 12.8 Å². The Kier molecular flexibility index (Phi) is 4.08. The molecule has 2 heterocycles. The summed E-state index contributed by atoms with van der Waals surface area (Å²) in [6.45, 7) is 3.36. The van der Waals surface area contributed by atoms with Crippen molar-refractivity contribution in [2.45, 2.75) is 20.3 Å². The molecule has 7 nitrogen and oxygen atoms in total. The maximum absolute atomic E-state index is 12.4. The number of aryl methyl sites for hydroxylation is 1. The van der Waals surface area contributed by atoms with Crippen molar-refractivity contribution in [3.63, 3.8) is 0 Å². The maximum atomic E-state index is 12.4. The molecule has 1 atom stereocenters. The summed E-state index contributed by atoms with van der Waals surface area (Å²) in [5.41, 5.74) is 0.772. The van der Waals surface area contributed by atoms with Crippen LogP contribution in [0.2, 0.25) is 0 Å². The monoisotopic (exact) mass is 310 g/mol. The predicted octanol–water partition coefficient (Wildman–Crippen LogP) is 1.45. The number of nitrogens with one attached hydrogen (secondary N) is 1. The second-order valence-electron chi connectivity index (χ2n) is 4.52. The van der Waals surface area contributed by atoms with Crippen LogP contribution in [0.25, 0.3) is 0 Å². The van der Waals surface area contributed by atoms with Gasteiger partial charge in [-0.25, -0.2) is 14.5 Å². The maximum Gasteiger partial charge on any atom is 0.350 e. The van der Waals surface area contributed by atoms with Crippen LogP contribution in [-0.2, 0) is 14.3 Å². The molecule has 1 saturated heterocycles. The van der Waals surface area contributed by atoms with E-state index in [4.69, 9.17) is 0 Å². The molecule has 21 heavy (non-hydrogen) atoms. The number of hydrogen-bond acceptors (Lipinski definition) is 6. The van der Waals surface area contributed by atoms with Crippen LogP contribution >= 0.6 is 11.3 Å². The number of hydrogen-bond donors (Lipinski definition) is 1. The van der Waals surface area contributed by atoms with Gasteiger partial charge in [0, 0.05) is 0 Å². The molecule has 0 radical (unpaired) electrons. The zero-order valence-corrected chi connectivity index (χ0v) is 12.6. The third-order valence-electron chi connectivity index (χ3n) is 3.21. The number of methoxy groups -OCH3 is 1. The molecule has 1 aliphatic rings. The Hall–Kier alpha value is -2.22. The van der Waals surface area contributed by atoms with Crippen LogP contribution in [0, 0.1) is 12.8 Å². The summed E-state index contributed by atoms with van der Waals surface area (Å²) < 4.78 is 4.66. The van der Waals surface area contributed by atoms with Crippen molar-refractivity contribution >= 4 is 40.8 Å². The first-order valence-corrected chi connectivity index (χ1v) is 7.15. The van der Waals surface area contributed by atoms with Gasteiger partial charge >= 0.3 is 12.0 Å². The molecule has 4 amide bonds. The fraction of sp³-hybridized carbons (Fsp3) is 0.385. The lowest BCUT2D eigenvalue weighted by Crippen LogP contribution is -2.58. The van der Waals surface area contributed by atoms with Crippen LogP contribution in [0.15, 0.2) is 5.38 Å². The normalized spacial score (nSPS) is 18.7. The zero-order valence-electron chi connectivity index (χ0n) is 11.8.